The molecule has 4 atom stereocenters. The minimum Gasteiger partial charge on any atom is -0.393 e. The summed E-state index contributed by atoms with van der Waals surface area (Å²) in [6.07, 6.45) is 56.3. The van der Waals surface area contributed by atoms with Gasteiger partial charge in [0.2, 0.25) is 0 Å². The molecule has 0 heterocycles. The van der Waals surface area contributed by atoms with E-state index in [9.17, 15) is 30.6 Å². The Labute approximate surface area is 392 Å². The van der Waals surface area contributed by atoms with Crippen molar-refractivity contribution >= 4 is 0 Å². The quantitative estimate of drug-likeness (QED) is 0.0267. The normalized spacial score (nSPS) is 15.0. The van der Waals surface area contributed by atoms with Gasteiger partial charge in [-0.25, -0.2) is 0 Å². The molecular formula is C57H110O6. The maximum atomic E-state index is 12.2. The molecule has 374 valence electrons. The van der Waals surface area contributed by atoms with E-state index in [-0.39, 0.29) is 18.3 Å². The standard InChI is InChI=1S/C57H110O6/c1-4-7-10-34-43-53(59)46-37-28-22-16-13-19-25-31-40-49-56(62,50-41-32-26-20-14-17-23-29-38-47-54(60)44-35-11-8-5-2)57(63,52-58)51-42-33-27-21-15-18-24-30-39-48-55(61)45-36-12-9-6-3/h28-30,37-39,53-55,58-63H,4-27,31-36,40-52H2,1-3H3/b37-28-,38-29-,39-30-/t53-,54-,55-,57?/m1/s1. The van der Waals surface area contributed by atoms with Crippen LogP contribution in [-0.4, -0.2) is 66.8 Å². The molecule has 0 aliphatic heterocycles. The Kier molecular flexibility index (Phi) is 45.4. The predicted molar refractivity (Wildman–Crippen MR) is 273 cm³/mol. The van der Waals surface area contributed by atoms with Crippen LogP contribution in [0, 0.1) is 0 Å². The molecule has 63 heavy (non-hydrogen) atoms. The van der Waals surface area contributed by atoms with Crippen molar-refractivity contribution in [3.05, 3.63) is 36.5 Å². The van der Waals surface area contributed by atoms with Gasteiger partial charge < -0.3 is 30.6 Å². The maximum Gasteiger partial charge on any atom is 0.116 e. The predicted octanol–water partition coefficient (Wildman–Crippen LogP) is 15.6. The average molecular weight is 892 g/mol. The van der Waals surface area contributed by atoms with Crippen molar-refractivity contribution in [2.45, 2.75) is 320 Å². The molecule has 0 aliphatic carbocycles. The van der Waals surface area contributed by atoms with Crippen LogP contribution in [0.4, 0.5) is 0 Å². The highest BCUT2D eigenvalue weighted by Crippen LogP contribution is 2.37. The second-order valence-electron chi connectivity index (χ2n) is 19.8. The van der Waals surface area contributed by atoms with Gasteiger partial charge in [0.05, 0.1) is 30.5 Å². The Bertz CT molecular complexity index is 965. The fourth-order valence-corrected chi connectivity index (χ4v) is 9.10. The Morgan fingerprint density at radius 3 is 0.857 bits per heavy atom. The highest BCUT2D eigenvalue weighted by atomic mass is 16.4. The minimum atomic E-state index is -1.47. The van der Waals surface area contributed by atoms with Crippen molar-refractivity contribution in [1.29, 1.82) is 0 Å². The molecule has 0 spiro atoms. The molecule has 1 unspecified atom stereocenters. The monoisotopic (exact) mass is 891 g/mol. The molecule has 6 N–H and O–H groups in total. The highest BCUT2D eigenvalue weighted by molar-refractivity contribution is 4.99. The number of allylic oxidation sites excluding steroid dienone is 3. The summed E-state index contributed by atoms with van der Waals surface area (Å²) in [7, 11) is 0. The second kappa shape index (κ2) is 46.1. The third-order valence-corrected chi connectivity index (χ3v) is 13.7. The number of aliphatic hydroxyl groups is 6. The number of hydrogen-bond donors (Lipinski definition) is 6. The molecule has 0 bridgehead atoms. The van der Waals surface area contributed by atoms with Crippen LogP contribution in [0.1, 0.15) is 290 Å². The lowest BCUT2D eigenvalue weighted by atomic mass is 9.73. The van der Waals surface area contributed by atoms with Gasteiger partial charge in [0.25, 0.3) is 0 Å². The van der Waals surface area contributed by atoms with Crippen LogP contribution >= 0.6 is 0 Å². The summed E-state index contributed by atoms with van der Waals surface area (Å²) in [4.78, 5) is 0. The van der Waals surface area contributed by atoms with Crippen LogP contribution in [0.2, 0.25) is 0 Å². The van der Waals surface area contributed by atoms with Gasteiger partial charge >= 0.3 is 0 Å². The van der Waals surface area contributed by atoms with E-state index in [1.165, 1.54) is 103 Å². The van der Waals surface area contributed by atoms with Crippen molar-refractivity contribution < 1.29 is 30.6 Å². The summed E-state index contributed by atoms with van der Waals surface area (Å²) in [6.45, 7) is 6.25. The van der Waals surface area contributed by atoms with Crippen molar-refractivity contribution in [1.82, 2.24) is 0 Å². The van der Waals surface area contributed by atoms with Gasteiger partial charge in [-0.15, -0.1) is 0 Å². The summed E-state index contributed by atoms with van der Waals surface area (Å²) in [5.74, 6) is 0. The van der Waals surface area contributed by atoms with Crippen LogP contribution in [0.3, 0.4) is 0 Å². The highest BCUT2D eigenvalue weighted by Gasteiger charge is 2.47. The summed E-state index contributed by atoms with van der Waals surface area (Å²) in [5, 5.41) is 65.2. The van der Waals surface area contributed by atoms with Gasteiger partial charge in [-0.05, 0) is 96.3 Å². The maximum absolute atomic E-state index is 12.2. The Morgan fingerprint density at radius 2 is 0.571 bits per heavy atom. The molecule has 0 amide bonds. The van der Waals surface area contributed by atoms with E-state index < -0.39 is 17.8 Å². The number of aliphatic hydroxyl groups excluding tert-OH is 4. The second-order valence-corrected chi connectivity index (χ2v) is 19.8. The molecule has 0 aromatic heterocycles. The number of rotatable bonds is 50. The zero-order chi connectivity index (χ0) is 46.4. The average Bonchev–Trinajstić information content (AvgIpc) is 3.28. The lowest BCUT2D eigenvalue weighted by Gasteiger charge is -2.43. The van der Waals surface area contributed by atoms with Crippen LogP contribution in [-0.2, 0) is 0 Å². The number of hydrogen-bond acceptors (Lipinski definition) is 6. The molecule has 0 aliphatic rings. The van der Waals surface area contributed by atoms with Gasteiger partial charge in [-0.1, -0.05) is 231 Å². The van der Waals surface area contributed by atoms with E-state index in [0.29, 0.717) is 19.3 Å². The summed E-state index contributed by atoms with van der Waals surface area (Å²) >= 11 is 0. The van der Waals surface area contributed by atoms with E-state index in [2.05, 4.69) is 57.2 Å². The first-order valence-corrected chi connectivity index (χ1v) is 27.7. The first-order valence-electron chi connectivity index (χ1n) is 27.7. The molecule has 0 saturated heterocycles. The van der Waals surface area contributed by atoms with E-state index >= 15 is 0 Å². The first kappa shape index (κ1) is 62.0. The van der Waals surface area contributed by atoms with Gasteiger partial charge in [0.1, 0.15) is 5.60 Å². The molecule has 0 radical (unpaired) electrons. The molecular weight excluding hydrogens is 781 g/mol. The fourth-order valence-electron chi connectivity index (χ4n) is 9.10. The largest absolute Gasteiger partial charge is 0.393 e. The van der Waals surface area contributed by atoms with E-state index in [0.717, 1.165) is 148 Å². The number of unbranched alkanes of at least 4 members (excludes halogenated alkanes) is 27. The van der Waals surface area contributed by atoms with E-state index in [1.807, 2.05) is 0 Å². The lowest BCUT2D eigenvalue weighted by Crippen LogP contribution is -2.56. The molecule has 0 aromatic carbocycles. The van der Waals surface area contributed by atoms with Gasteiger partial charge in [0.15, 0.2) is 0 Å². The summed E-state index contributed by atoms with van der Waals surface area (Å²) in [5.41, 5.74) is -2.74. The van der Waals surface area contributed by atoms with Crippen molar-refractivity contribution in [3.63, 3.8) is 0 Å². The Balaban J connectivity index is 4.69. The van der Waals surface area contributed by atoms with Crippen LogP contribution in [0.5, 0.6) is 0 Å². The van der Waals surface area contributed by atoms with Crippen molar-refractivity contribution in [3.8, 4) is 0 Å². The van der Waals surface area contributed by atoms with Gasteiger partial charge in [-0.3, -0.25) is 0 Å². The zero-order valence-electron chi connectivity index (χ0n) is 42.3. The Hall–Kier alpha value is -1.02. The van der Waals surface area contributed by atoms with Crippen molar-refractivity contribution in [2.75, 3.05) is 6.61 Å². The molecule has 6 nitrogen and oxygen atoms in total. The Morgan fingerprint density at radius 1 is 0.317 bits per heavy atom. The summed E-state index contributed by atoms with van der Waals surface area (Å²) < 4.78 is 0. The van der Waals surface area contributed by atoms with E-state index in [4.69, 9.17) is 0 Å². The first-order chi connectivity index (χ1) is 30.7. The zero-order valence-corrected chi connectivity index (χ0v) is 42.3. The van der Waals surface area contributed by atoms with Gasteiger partial charge in [0, 0.05) is 0 Å². The molecule has 0 rings (SSSR count). The molecule has 0 aromatic rings. The van der Waals surface area contributed by atoms with Crippen molar-refractivity contribution in [2.24, 2.45) is 0 Å². The van der Waals surface area contributed by atoms with Crippen LogP contribution in [0.15, 0.2) is 36.5 Å². The molecule has 0 saturated carbocycles. The minimum absolute atomic E-state index is 0.203. The SMILES string of the molecule is CCCCCC[C@@H](O)C/C=C\CCCCCCCCC(O)(CO)C(O)(CCCCCCCC/C=C\C[C@H](O)CCCCCC)CCCCCCCC/C=C\C[C@H](O)CCCCCC. The molecule has 6 heteroatoms. The topological polar surface area (TPSA) is 121 Å². The van der Waals surface area contributed by atoms with Gasteiger partial charge in [-0.2, -0.15) is 0 Å². The third-order valence-electron chi connectivity index (χ3n) is 13.7. The third kappa shape index (κ3) is 38.8. The summed E-state index contributed by atoms with van der Waals surface area (Å²) in [6, 6.07) is 0. The van der Waals surface area contributed by atoms with E-state index in [1.54, 1.807) is 0 Å². The lowest BCUT2D eigenvalue weighted by molar-refractivity contribution is -0.185. The molecule has 0 fully saturated rings. The van der Waals surface area contributed by atoms with Crippen LogP contribution < -0.4 is 0 Å². The smallest absolute Gasteiger partial charge is 0.116 e. The van der Waals surface area contributed by atoms with Crippen LogP contribution in [0.25, 0.3) is 0 Å². The fraction of sp³-hybridized carbons (Fsp3) is 0.895.